The van der Waals surface area contributed by atoms with Gasteiger partial charge in [-0.05, 0) is 30.7 Å². The smallest absolute Gasteiger partial charge is 0.230 e. The average Bonchev–Trinajstić information content (AvgIpc) is 3.13. The first-order valence-electron chi connectivity index (χ1n) is 7.32. The molecule has 5 nitrogen and oxygen atoms in total. The van der Waals surface area contributed by atoms with Gasteiger partial charge in [0.2, 0.25) is 5.91 Å². The maximum atomic E-state index is 12.0. The molecule has 0 radical (unpaired) electrons. The Morgan fingerprint density at radius 1 is 1.45 bits per heavy atom. The third kappa shape index (κ3) is 2.98. The number of nitrogens with two attached hydrogens (primary N) is 1. The van der Waals surface area contributed by atoms with E-state index in [1.165, 1.54) is 16.9 Å². The molecule has 1 aromatic carbocycles. The van der Waals surface area contributed by atoms with Gasteiger partial charge in [-0.1, -0.05) is 6.92 Å². The molecule has 1 amide bonds. The number of nitrogens with zero attached hydrogens (tertiary/aromatic N) is 1. The molecule has 116 valence electrons. The summed E-state index contributed by atoms with van der Waals surface area (Å²) in [4.78, 5) is 16.5. The predicted octanol–water partition coefficient (Wildman–Crippen LogP) is 2.67. The Labute approximate surface area is 133 Å². The summed E-state index contributed by atoms with van der Waals surface area (Å²) in [5, 5.41) is 5.38. The SMILES string of the molecule is CC(N)C(C)C(=O)Nc1nc(-c2ccc3c(c2)CCO3)cs1. The van der Waals surface area contributed by atoms with Crippen molar-refractivity contribution in [2.24, 2.45) is 11.7 Å². The summed E-state index contributed by atoms with van der Waals surface area (Å²) in [6, 6.07) is 5.90. The Balaban J connectivity index is 1.75. The highest BCUT2D eigenvalue weighted by Gasteiger charge is 2.19. The second-order valence-electron chi connectivity index (χ2n) is 5.60. The Morgan fingerprint density at radius 2 is 2.27 bits per heavy atom. The number of carbonyl (C=O) groups is 1. The van der Waals surface area contributed by atoms with Crippen LogP contribution in [0.1, 0.15) is 19.4 Å². The standard InChI is InChI=1S/C16H19N3O2S/c1-9(10(2)17)15(20)19-16-18-13(8-22-16)11-3-4-14-12(7-11)5-6-21-14/h3-4,7-10H,5-6,17H2,1-2H3,(H,18,19,20). The van der Waals surface area contributed by atoms with E-state index in [0.29, 0.717) is 5.13 Å². The molecule has 1 aromatic heterocycles. The van der Waals surface area contributed by atoms with E-state index in [-0.39, 0.29) is 17.9 Å². The minimum absolute atomic E-state index is 0.0988. The van der Waals surface area contributed by atoms with Gasteiger partial charge < -0.3 is 15.8 Å². The summed E-state index contributed by atoms with van der Waals surface area (Å²) in [6.07, 6.45) is 0.933. The monoisotopic (exact) mass is 317 g/mol. The molecule has 0 fully saturated rings. The highest BCUT2D eigenvalue weighted by Crippen LogP contribution is 2.32. The first-order valence-corrected chi connectivity index (χ1v) is 8.20. The lowest BCUT2D eigenvalue weighted by Crippen LogP contribution is -2.34. The van der Waals surface area contributed by atoms with Crippen LogP contribution in [0, 0.1) is 5.92 Å². The minimum Gasteiger partial charge on any atom is -0.493 e. The maximum Gasteiger partial charge on any atom is 0.230 e. The highest BCUT2D eigenvalue weighted by atomic mass is 32.1. The summed E-state index contributed by atoms with van der Waals surface area (Å²) in [5.41, 5.74) is 8.87. The van der Waals surface area contributed by atoms with Crippen molar-refractivity contribution in [3.63, 3.8) is 0 Å². The second kappa shape index (κ2) is 6.06. The van der Waals surface area contributed by atoms with Gasteiger partial charge in [0.15, 0.2) is 5.13 Å². The molecule has 0 aliphatic carbocycles. The molecule has 2 atom stereocenters. The number of rotatable bonds is 4. The molecule has 0 saturated heterocycles. The second-order valence-corrected chi connectivity index (χ2v) is 6.45. The summed E-state index contributed by atoms with van der Waals surface area (Å²) in [6.45, 7) is 4.38. The van der Waals surface area contributed by atoms with E-state index in [0.717, 1.165) is 30.0 Å². The first kappa shape index (κ1) is 15.0. The number of fused-ring (bicyclic) bond motifs is 1. The molecule has 22 heavy (non-hydrogen) atoms. The van der Waals surface area contributed by atoms with E-state index in [2.05, 4.69) is 16.4 Å². The number of nitrogens with one attached hydrogen (secondary N) is 1. The summed E-state index contributed by atoms with van der Waals surface area (Å²) >= 11 is 1.42. The molecule has 3 rings (SSSR count). The normalized spacial score (nSPS) is 15.8. The van der Waals surface area contributed by atoms with Crippen molar-refractivity contribution >= 4 is 22.4 Å². The quantitative estimate of drug-likeness (QED) is 0.909. The lowest BCUT2D eigenvalue weighted by atomic mass is 10.0. The zero-order valence-electron chi connectivity index (χ0n) is 12.6. The zero-order chi connectivity index (χ0) is 15.7. The molecule has 3 N–H and O–H groups in total. The lowest BCUT2D eigenvalue weighted by molar-refractivity contribution is -0.119. The van der Waals surface area contributed by atoms with E-state index in [9.17, 15) is 4.79 Å². The van der Waals surface area contributed by atoms with E-state index < -0.39 is 0 Å². The van der Waals surface area contributed by atoms with Crippen molar-refractivity contribution in [1.82, 2.24) is 4.98 Å². The van der Waals surface area contributed by atoms with Gasteiger partial charge in [-0.25, -0.2) is 4.98 Å². The number of thiazole rings is 1. The molecule has 1 aliphatic rings. The molecule has 2 heterocycles. The number of hydrogen-bond acceptors (Lipinski definition) is 5. The van der Waals surface area contributed by atoms with Gasteiger partial charge in [0.25, 0.3) is 0 Å². The summed E-state index contributed by atoms with van der Waals surface area (Å²) in [5.74, 6) is 0.612. The van der Waals surface area contributed by atoms with Crippen LogP contribution in [0.3, 0.4) is 0 Å². The van der Waals surface area contributed by atoms with Gasteiger partial charge in [0, 0.05) is 23.4 Å². The molecule has 6 heteroatoms. The van der Waals surface area contributed by atoms with Gasteiger partial charge in [-0.3, -0.25) is 4.79 Å². The number of ether oxygens (including phenoxy) is 1. The van der Waals surface area contributed by atoms with Crippen LogP contribution in [0.5, 0.6) is 5.75 Å². The van der Waals surface area contributed by atoms with Gasteiger partial charge in [0.1, 0.15) is 5.75 Å². The predicted molar refractivity (Wildman–Crippen MR) is 88.2 cm³/mol. The van der Waals surface area contributed by atoms with Crippen LogP contribution in [0.2, 0.25) is 0 Å². The van der Waals surface area contributed by atoms with Crippen LogP contribution in [0.4, 0.5) is 5.13 Å². The van der Waals surface area contributed by atoms with Gasteiger partial charge >= 0.3 is 0 Å². The van der Waals surface area contributed by atoms with Crippen molar-refractivity contribution in [3.05, 3.63) is 29.1 Å². The van der Waals surface area contributed by atoms with E-state index in [1.807, 2.05) is 31.4 Å². The maximum absolute atomic E-state index is 12.0. The topological polar surface area (TPSA) is 77.2 Å². The van der Waals surface area contributed by atoms with Gasteiger partial charge in [-0.2, -0.15) is 0 Å². The minimum atomic E-state index is -0.246. The third-order valence-electron chi connectivity index (χ3n) is 3.92. The Hall–Kier alpha value is -1.92. The Bertz CT molecular complexity index is 696. The van der Waals surface area contributed by atoms with Crippen molar-refractivity contribution in [2.75, 3.05) is 11.9 Å². The summed E-state index contributed by atoms with van der Waals surface area (Å²) < 4.78 is 5.51. The molecule has 0 bridgehead atoms. The van der Waals surface area contributed by atoms with Crippen LogP contribution < -0.4 is 15.8 Å². The van der Waals surface area contributed by atoms with Crippen molar-refractivity contribution < 1.29 is 9.53 Å². The largest absolute Gasteiger partial charge is 0.493 e. The molecular weight excluding hydrogens is 298 g/mol. The fraction of sp³-hybridized carbons (Fsp3) is 0.375. The van der Waals surface area contributed by atoms with Crippen molar-refractivity contribution in [1.29, 1.82) is 0 Å². The molecule has 1 aliphatic heterocycles. The first-order chi connectivity index (χ1) is 10.5. The van der Waals surface area contributed by atoms with E-state index >= 15 is 0 Å². The molecule has 2 unspecified atom stereocenters. The average molecular weight is 317 g/mol. The molecule has 2 aromatic rings. The third-order valence-corrected chi connectivity index (χ3v) is 4.68. The fourth-order valence-electron chi connectivity index (χ4n) is 2.27. The Morgan fingerprint density at radius 3 is 3.05 bits per heavy atom. The van der Waals surface area contributed by atoms with Crippen molar-refractivity contribution in [3.8, 4) is 17.0 Å². The van der Waals surface area contributed by atoms with Crippen LogP contribution in [0.15, 0.2) is 23.6 Å². The molecule has 0 saturated carbocycles. The number of anilines is 1. The fourth-order valence-corrected chi connectivity index (χ4v) is 2.99. The number of amides is 1. The van der Waals surface area contributed by atoms with Crippen LogP contribution >= 0.6 is 11.3 Å². The number of benzene rings is 1. The lowest BCUT2D eigenvalue weighted by Gasteiger charge is -2.13. The Kier molecular flexibility index (Phi) is 4.13. The zero-order valence-corrected chi connectivity index (χ0v) is 13.4. The van der Waals surface area contributed by atoms with Crippen LogP contribution in [-0.2, 0) is 11.2 Å². The van der Waals surface area contributed by atoms with E-state index in [4.69, 9.17) is 10.5 Å². The molecule has 0 spiro atoms. The van der Waals surface area contributed by atoms with Gasteiger partial charge in [-0.15, -0.1) is 11.3 Å². The molecular formula is C16H19N3O2S. The van der Waals surface area contributed by atoms with Crippen molar-refractivity contribution in [2.45, 2.75) is 26.3 Å². The number of hydrogen-bond donors (Lipinski definition) is 2. The number of aromatic nitrogens is 1. The highest BCUT2D eigenvalue weighted by molar-refractivity contribution is 7.14. The van der Waals surface area contributed by atoms with Gasteiger partial charge in [0.05, 0.1) is 18.2 Å². The number of carbonyl (C=O) groups excluding carboxylic acids is 1. The van der Waals surface area contributed by atoms with Crippen LogP contribution in [0.25, 0.3) is 11.3 Å². The van der Waals surface area contributed by atoms with E-state index in [1.54, 1.807) is 0 Å². The van der Waals surface area contributed by atoms with Crippen LogP contribution in [-0.4, -0.2) is 23.5 Å². The summed E-state index contributed by atoms with van der Waals surface area (Å²) in [7, 11) is 0.